The third kappa shape index (κ3) is 5.25. The molecule has 156 valence electrons. The monoisotopic (exact) mass is 505 g/mol. The smallest absolute Gasteiger partial charge is 0.270 e. The Hall–Kier alpha value is -2.02. The SMILES string of the molecule is O=C1/C(=C/c2cccc(OCc3ccc(Cl)cc3)c2)SC(=S)N1c1ccc(Cl)c(Cl)c1. The average Bonchev–Trinajstić information content (AvgIpc) is 3.03. The van der Waals surface area contributed by atoms with Crippen LogP contribution in [0.1, 0.15) is 11.1 Å². The number of amides is 1. The fourth-order valence-electron chi connectivity index (χ4n) is 2.91. The summed E-state index contributed by atoms with van der Waals surface area (Å²) in [6, 6.07) is 20.0. The van der Waals surface area contributed by atoms with Crippen LogP contribution in [0.25, 0.3) is 6.08 Å². The van der Waals surface area contributed by atoms with E-state index in [2.05, 4.69) is 0 Å². The van der Waals surface area contributed by atoms with E-state index in [0.717, 1.165) is 11.1 Å². The number of carbonyl (C=O) groups is 1. The van der Waals surface area contributed by atoms with Gasteiger partial charge in [-0.2, -0.15) is 0 Å². The summed E-state index contributed by atoms with van der Waals surface area (Å²) in [5.74, 6) is 0.490. The standard InChI is InChI=1S/C23H14Cl3NO2S2/c24-16-6-4-14(5-7-16)13-29-18-3-1-2-15(10-18)11-21-22(28)27(23(30)31-21)17-8-9-19(25)20(26)12-17/h1-12H,13H2/b21-11-. The van der Waals surface area contributed by atoms with Crippen LogP contribution >= 0.6 is 58.8 Å². The molecule has 0 atom stereocenters. The summed E-state index contributed by atoms with van der Waals surface area (Å²) in [7, 11) is 0. The zero-order valence-electron chi connectivity index (χ0n) is 15.8. The number of nitrogens with zero attached hydrogens (tertiary/aromatic N) is 1. The number of benzene rings is 3. The van der Waals surface area contributed by atoms with Crippen molar-refractivity contribution in [1.82, 2.24) is 0 Å². The maximum atomic E-state index is 13.0. The minimum Gasteiger partial charge on any atom is -0.489 e. The topological polar surface area (TPSA) is 29.5 Å². The molecule has 1 heterocycles. The van der Waals surface area contributed by atoms with Crippen LogP contribution in [0.5, 0.6) is 5.75 Å². The first-order chi connectivity index (χ1) is 14.9. The first-order valence-corrected chi connectivity index (χ1v) is 11.5. The molecule has 1 aliphatic rings. The minimum absolute atomic E-state index is 0.208. The van der Waals surface area contributed by atoms with Crippen molar-refractivity contribution in [2.75, 3.05) is 4.90 Å². The Morgan fingerprint density at radius 2 is 1.74 bits per heavy atom. The van der Waals surface area contributed by atoms with E-state index in [1.807, 2.05) is 48.5 Å². The molecule has 0 spiro atoms. The normalized spacial score (nSPS) is 15.1. The van der Waals surface area contributed by atoms with Crippen LogP contribution < -0.4 is 9.64 Å². The molecule has 31 heavy (non-hydrogen) atoms. The van der Waals surface area contributed by atoms with Crippen molar-refractivity contribution in [3.63, 3.8) is 0 Å². The maximum Gasteiger partial charge on any atom is 0.270 e. The molecule has 3 nitrogen and oxygen atoms in total. The van der Waals surface area contributed by atoms with Crippen LogP contribution in [-0.4, -0.2) is 10.2 Å². The summed E-state index contributed by atoms with van der Waals surface area (Å²) in [6.45, 7) is 0.417. The van der Waals surface area contributed by atoms with E-state index < -0.39 is 0 Å². The van der Waals surface area contributed by atoms with Crippen molar-refractivity contribution in [1.29, 1.82) is 0 Å². The molecule has 0 N–H and O–H groups in total. The molecule has 1 amide bonds. The summed E-state index contributed by atoms with van der Waals surface area (Å²) in [5, 5.41) is 1.47. The second-order valence-corrected chi connectivity index (χ2v) is 9.53. The van der Waals surface area contributed by atoms with Gasteiger partial charge in [-0.05, 0) is 59.7 Å². The predicted octanol–water partition coefficient (Wildman–Crippen LogP) is 7.63. The van der Waals surface area contributed by atoms with Crippen LogP contribution in [0.3, 0.4) is 0 Å². The van der Waals surface area contributed by atoms with Gasteiger partial charge in [-0.3, -0.25) is 9.69 Å². The van der Waals surface area contributed by atoms with E-state index in [1.54, 1.807) is 24.3 Å². The maximum absolute atomic E-state index is 13.0. The molecular weight excluding hydrogens is 493 g/mol. The van der Waals surface area contributed by atoms with Crippen molar-refractivity contribution in [3.8, 4) is 5.75 Å². The van der Waals surface area contributed by atoms with E-state index in [1.165, 1.54) is 16.7 Å². The summed E-state index contributed by atoms with van der Waals surface area (Å²) in [6.07, 6.45) is 1.80. The van der Waals surface area contributed by atoms with Crippen molar-refractivity contribution in [3.05, 3.63) is 97.8 Å². The number of hydrogen-bond acceptors (Lipinski definition) is 4. The van der Waals surface area contributed by atoms with Crippen molar-refractivity contribution >= 4 is 80.8 Å². The molecule has 1 fully saturated rings. The molecule has 0 unspecified atom stereocenters. The summed E-state index contributed by atoms with van der Waals surface area (Å²) < 4.78 is 6.31. The molecule has 3 aromatic rings. The van der Waals surface area contributed by atoms with Gasteiger partial charge in [0.2, 0.25) is 0 Å². The molecule has 1 aliphatic heterocycles. The molecular formula is C23H14Cl3NO2S2. The average molecular weight is 507 g/mol. The van der Waals surface area contributed by atoms with Gasteiger partial charge in [0.1, 0.15) is 12.4 Å². The molecule has 4 rings (SSSR count). The highest BCUT2D eigenvalue weighted by Gasteiger charge is 2.33. The molecule has 0 bridgehead atoms. The lowest BCUT2D eigenvalue weighted by Gasteiger charge is -2.15. The number of ether oxygens (including phenoxy) is 1. The van der Waals surface area contributed by atoms with Crippen LogP contribution in [0.15, 0.2) is 71.6 Å². The lowest BCUT2D eigenvalue weighted by Crippen LogP contribution is -2.27. The number of hydrogen-bond donors (Lipinski definition) is 0. The van der Waals surface area contributed by atoms with Crippen molar-refractivity contribution in [2.45, 2.75) is 6.61 Å². The molecule has 0 saturated carbocycles. The molecule has 0 radical (unpaired) electrons. The van der Waals surface area contributed by atoms with Gasteiger partial charge >= 0.3 is 0 Å². The van der Waals surface area contributed by atoms with Crippen molar-refractivity contribution in [2.24, 2.45) is 0 Å². The highest BCUT2D eigenvalue weighted by molar-refractivity contribution is 8.27. The first-order valence-electron chi connectivity index (χ1n) is 9.11. The van der Waals surface area contributed by atoms with Gasteiger partial charge in [0.05, 0.1) is 20.6 Å². The summed E-state index contributed by atoms with van der Waals surface area (Å²) in [5.41, 5.74) is 2.43. The Balaban J connectivity index is 1.51. The first kappa shape index (κ1) is 22.2. The van der Waals surface area contributed by atoms with Gasteiger partial charge in [-0.25, -0.2) is 0 Å². The molecule has 0 aromatic heterocycles. The minimum atomic E-state index is -0.208. The number of carbonyl (C=O) groups excluding carboxylic acids is 1. The Bertz CT molecular complexity index is 1200. The lowest BCUT2D eigenvalue weighted by atomic mass is 10.2. The van der Waals surface area contributed by atoms with Gasteiger partial charge < -0.3 is 4.74 Å². The third-order valence-electron chi connectivity index (χ3n) is 4.43. The van der Waals surface area contributed by atoms with E-state index in [-0.39, 0.29) is 5.91 Å². The number of rotatable bonds is 5. The van der Waals surface area contributed by atoms with Gasteiger partial charge in [-0.1, -0.05) is 83.0 Å². The van der Waals surface area contributed by atoms with E-state index in [0.29, 0.717) is 42.3 Å². The fourth-order valence-corrected chi connectivity index (χ4v) is 4.62. The van der Waals surface area contributed by atoms with Crippen LogP contribution in [0.4, 0.5) is 5.69 Å². The van der Waals surface area contributed by atoms with Crippen LogP contribution in [-0.2, 0) is 11.4 Å². The number of anilines is 1. The van der Waals surface area contributed by atoms with E-state index in [9.17, 15) is 4.79 Å². The Kier molecular flexibility index (Phi) is 6.89. The lowest BCUT2D eigenvalue weighted by molar-refractivity contribution is -0.113. The van der Waals surface area contributed by atoms with Crippen LogP contribution in [0.2, 0.25) is 15.1 Å². The number of halogens is 3. The largest absolute Gasteiger partial charge is 0.489 e. The van der Waals surface area contributed by atoms with Gasteiger partial charge in [-0.15, -0.1) is 0 Å². The molecule has 0 aliphatic carbocycles. The number of thiocarbonyl (C=S) groups is 1. The number of thioether (sulfide) groups is 1. The Morgan fingerprint density at radius 3 is 2.48 bits per heavy atom. The zero-order chi connectivity index (χ0) is 22.0. The second-order valence-electron chi connectivity index (χ2n) is 6.60. The van der Waals surface area contributed by atoms with E-state index >= 15 is 0 Å². The third-order valence-corrected chi connectivity index (χ3v) is 6.72. The molecule has 1 saturated heterocycles. The zero-order valence-corrected chi connectivity index (χ0v) is 19.8. The molecule has 8 heteroatoms. The summed E-state index contributed by atoms with van der Waals surface area (Å²) in [4.78, 5) is 14.9. The quantitative estimate of drug-likeness (QED) is 0.263. The van der Waals surface area contributed by atoms with E-state index in [4.69, 9.17) is 51.8 Å². The highest BCUT2D eigenvalue weighted by atomic mass is 35.5. The predicted molar refractivity (Wildman–Crippen MR) is 134 cm³/mol. The second kappa shape index (κ2) is 9.63. The Labute approximate surface area is 204 Å². The Morgan fingerprint density at radius 1 is 0.968 bits per heavy atom. The van der Waals surface area contributed by atoms with Gasteiger partial charge in [0.15, 0.2) is 4.32 Å². The van der Waals surface area contributed by atoms with Gasteiger partial charge in [0, 0.05) is 5.02 Å². The fraction of sp³-hybridized carbons (Fsp3) is 0.0435. The van der Waals surface area contributed by atoms with Crippen molar-refractivity contribution < 1.29 is 9.53 Å². The summed E-state index contributed by atoms with van der Waals surface area (Å²) >= 11 is 24.6. The molecule has 3 aromatic carbocycles. The highest BCUT2D eigenvalue weighted by Crippen LogP contribution is 2.38. The van der Waals surface area contributed by atoms with Crippen LogP contribution in [0, 0.1) is 0 Å². The van der Waals surface area contributed by atoms with Gasteiger partial charge in [0.25, 0.3) is 5.91 Å².